The van der Waals surface area contributed by atoms with Crippen molar-refractivity contribution in [1.82, 2.24) is 0 Å². The van der Waals surface area contributed by atoms with Gasteiger partial charge < -0.3 is 14.2 Å². The van der Waals surface area contributed by atoms with Gasteiger partial charge in [0.1, 0.15) is 6.10 Å². The van der Waals surface area contributed by atoms with Gasteiger partial charge in [0.25, 0.3) is 0 Å². The molecule has 1 aliphatic carbocycles. The van der Waals surface area contributed by atoms with Crippen LogP contribution in [0.25, 0.3) is 22.3 Å². The van der Waals surface area contributed by atoms with E-state index in [1.807, 2.05) is 13.0 Å². The van der Waals surface area contributed by atoms with Crippen LogP contribution in [-0.4, -0.2) is 24.0 Å². The minimum atomic E-state index is -0.592. The molecule has 3 aromatic carbocycles. The lowest BCUT2D eigenvalue weighted by molar-refractivity contribution is -0.143. The minimum absolute atomic E-state index is 0.159. The summed E-state index contributed by atoms with van der Waals surface area (Å²) in [6.07, 6.45) is 1.21. The number of carbonyl (C=O) groups is 3. The second-order valence-electron chi connectivity index (χ2n) is 11.1. The second kappa shape index (κ2) is 12.0. The Morgan fingerprint density at radius 1 is 0.732 bits per heavy atom. The highest BCUT2D eigenvalue weighted by Gasteiger charge is 2.26. The Balaban J connectivity index is 1.65. The van der Waals surface area contributed by atoms with Crippen molar-refractivity contribution in [2.24, 2.45) is 5.92 Å². The van der Waals surface area contributed by atoms with Gasteiger partial charge in [-0.25, -0.2) is 9.59 Å². The summed E-state index contributed by atoms with van der Waals surface area (Å²) in [6, 6.07) is 15.9. The number of ether oxygens (including phenoxy) is 3. The van der Waals surface area contributed by atoms with Gasteiger partial charge in [-0.15, -0.1) is 0 Å². The Hall–Kier alpha value is -4.45. The summed E-state index contributed by atoms with van der Waals surface area (Å²) in [5, 5.41) is 0. The van der Waals surface area contributed by atoms with Crippen molar-refractivity contribution in [1.29, 1.82) is 0 Å². The molecule has 0 bridgehead atoms. The molecule has 6 nitrogen and oxygen atoms in total. The van der Waals surface area contributed by atoms with Crippen molar-refractivity contribution < 1.29 is 28.6 Å². The van der Waals surface area contributed by atoms with Gasteiger partial charge >= 0.3 is 17.9 Å². The maximum Gasteiger partial charge on any atom is 0.338 e. The highest BCUT2D eigenvalue weighted by atomic mass is 16.6. The van der Waals surface area contributed by atoms with E-state index in [4.69, 9.17) is 14.2 Å². The van der Waals surface area contributed by atoms with Crippen LogP contribution in [0.4, 0.5) is 0 Å². The maximum atomic E-state index is 12.4. The van der Waals surface area contributed by atoms with E-state index in [1.54, 1.807) is 39.8 Å². The SMILES string of the molecule is C=C(C)C(=O)Oc1ccc(-c2cc(C)c(-c3ccc4c(c3)CC(OC(=O)C(=C)C)C4)cc2C)cc1OC(=O)C(C)C. The Labute approximate surface area is 241 Å². The lowest BCUT2D eigenvalue weighted by Crippen LogP contribution is -2.18. The summed E-state index contributed by atoms with van der Waals surface area (Å²) in [6.45, 7) is 18.1. The summed E-state index contributed by atoms with van der Waals surface area (Å²) in [4.78, 5) is 36.6. The van der Waals surface area contributed by atoms with E-state index in [2.05, 4.69) is 50.4 Å². The Morgan fingerprint density at radius 2 is 1.29 bits per heavy atom. The first-order chi connectivity index (χ1) is 19.3. The normalized spacial score (nSPS) is 13.9. The molecular weight excluding hydrogens is 516 g/mol. The molecule has 0 aromatic heterocycles. The van der Waals surface area contributed by atoms with Crippen LogP contribution in [0.1, 0.15) is 49.9 Å². The van der Waals surface area contributed by atoms with Crippen molar-refractivity contribution in [2.45, 2.75) is 60.5 Å². The van der Waals surface area contributed by atoms with Crippen LogP contribution < -0.4 is 9.47 Å². The number of rotatable bonds is 8. The summed E-state index contributed by atoms with van der Waals surface area (Å²) < 4.78 is 16.7. The van der Waals surface area contributed by atoms with Gasteiger partial charge in [-0.05, 0) is 84.3 Å². The molecule has 0 radical (unpaired) electrons. The van der Waals surface area contributed by atoms with Gasteiger partial charge in [-0.3, -0.25) is 4.79 Å². The van der Waals surface area contributed by atoms with Crippen LogP contribution in [0.5, 0.6) is 11.5 Å². The average molecular weight is 553 g/mol. The molecule has 1 unspecified atom stereocenters. The van der Waals surface area contributed by atoms with Gasteiger partial charge in [0, 0.05) is 24.0 Å². The molecule has 212 valence electrons. The van der Waals surface area contributed by atoms with Crippen molar-refractivity contribution in [3.8, 4) is 33.8 Å². The van der Waals surface area contributed by atoms with E-state index in [0.717, 1.165) is 33.4 Å². The molecule has 3 aromatic rings. The number of aryl methyl sites for hydroxylation is 2. The third-order valence-electron chi connectivity index (χ3n) is 7.09. The molecule has 6 heteroatoms. The van der Waals surface area contributed by atoms with E-state index in [9.17, 15) is 14.4 Å². The quantitative estimate of drug-likeness (QED) is 0.166. The first kappa shape index (κ1) is 29.5. The first-order valence-electron chi connectivity index (χ1n) is 13.7. The monoisotopic (exact) mass is 552 g/mol. The molecule has 1 aliphatic rings. The smallest absolute Gasteiger partial charge is 0.338 e. The molecule has 41 heavy (non-hydrogen) atoms. The van der Waals surface area contributed by atoms with E-state index >= 15 is 0 Å². The number of hydrogen-bond donors (Lipinski definition) is 0. The fourth-order valence-electron chi connectivity index (χ4n) is 4.77. The minimum Gasteiger partial charge on any atom is -0.458 e. The molecule has 0 N–H and O–H groups in total. The lowest BCUT2D eigenvalue weighted by atomic mass is 9.91. The van der Waals surface area contributed by atoms with Gasteiger partial charge in [0.05, 0.1) is 5.92 Å². The van der Waals surface area contributed by atoms with Crippen LogP contribution in [0.3, 0.4) is 0 Å². The molecule has 0 saturated carbocycles. The van der Waals surface area contributed by atoms with Gasteiger partial charge in [0.15, 0.2) is 11.5 Å². The molecule has 1 atom stereocenters. The largest absolute Gasteiger partial charge is 0.458 e. The highest BCUT2D eigenvalue weighted by molar-refractivity contribution is 5.90. The summed E-state index contributed by atoms with van der Waals surface area (Å²) in [7, 11) is 0. The standard InChI is InChI=1S/C35H36O6/c1-19(2)33(36)39-28-16-24-9-10-25(15-27(24)17-28)29-13-23(8)30(14-22(29)7)26-11-12-31(40-34(37)20(3)4)32(18-26)41-35(38)21(5)6/h9-15,18,21,28H,1,3,16-17H2,2,4-8H3. The molecule has 0 amide bonds. The Morgan fingerprint density at radius 3 is 1.88 bits per heavy atom. The van der Waals surface area contributed by atoms with Crippen LogP contribution >= 0.6 is 0 Å². The lowest BCUT2D eigenvalue weighted by Gasteiger charge is -2.16. The predicted molar refractivity (Wildman–Crippen MR) is 160 cm³/mol. The number of benzene rings is 3. The van der Waals surface area contributed by atoms with E-state index in [-0.39, 0.29) is 35.1 Å². The summed E-state index contributed by atoms with van der Waals surface area (Å²) in [5.41, 5.74) is 9.13. The Bertz CT molecular complexity index is 1580. The predicted octanol–water partition coefficient (Wildman–Crippen LogP) is 7.27. The van der Waals surface area contributed by atoms with Crippen LogP contribution in [0, 0.1) is 19.8 Å². The summed E-state index contributed by atoms with van der Waals surface area (Å²) >= 11 is 0. The molecule has 0 spiro atoms. The molecule has 4 rings (SSSR count). The van der Waals surface area contributed by atoms with Crippen molar-refractivity contribution in [3.63, 3.8) is 0 Å². The first-order valence-corrected chi connectivity index (χ1v) is 13.7. The third-order valence-corrected chi connectivity index (χ3v) is 7.09. The van der Waals surface area contributed by atoms with Gasteiger partial charge in [-0.1, -0.05) is 63.4 Å². The zero-order chi connectivity index (χ0) is 30.0. The van der Waals surface area contributed by atoms with Gasteiger partial charge in [-0.2, -0.15) is 0 Å². The van der Waals surface area contributed by atoms with Crippen molar-refractivity contribution in [2.75, 3.05) is 0 Å². The van der Waals surface area contributed by atoms with Gasteiger partial charge in [0.2, 0.25) is 0 Å². The zero-order valence-corrected chi connectivity index (χ0v) is 24.6. The molecule has 0 saturated heterocycles. The summed E-state index contributed by atoms with van der Waals surface area (Å²) in [5.74, 6) is -1.39. The number of fused-ring (bicyclic) bond motifs is 1. The van der Waals surface area contributed by atoms with E-state index in [1.165, 1.54) is 11.1 Å². The number of hydrogen-bond acceptors (Lipinski definition) is 6. The van der Waals surface area contributed by atoms with Crippen molar-refractivity contribution >= 4 is 17.9 Å². The molecule has 0 heterocycles. The average Bonchev–Trinajstić information content (AvgIpc) is 3.31. The topological polar surface area (TPSA) is 78.9 Å². The third kappa shape index (κ3) is 6.65. The second-order valence-corrected chi connectivity index (χ2v) is 11.1. The van der Waals surface area contributed by atoms with E-state index in [0.29, 0.717) is 18.4 Å². The molecule has 0 aliphatic heterocycles. The van der Waals surface area contributed by atoms with Crippen LogP contribution in [0.2, 0.25) is 0 Å². The number of carbonyl (C=O) groups excluding carboxylic acids is 3. The fraction of sp³-hybridized carbons (Fsp3) is 0.286. The van der Waals surface area contributed by atoms with Crippen molar-refractivity contribution in [3.05, 3.63) is 95.1 Å². The molecule has 0 fully saturated rings. The highest BCUT2D eigenvalue weighted by Crippen LogP contribution is 2.38. The Kier molecular flexibility index (Phi) is 8.62. The van der Waals surface area contributed by atoms with E-state index < -0.39 is 11.9 Å². The molecular formula is C35H36O6. The maximum absolute atomic E-state index is 12.4. The fourth-order valence-corrected chi connectivity index (χ4v) is 4.77. The van der Waals surface area contributed by atoms with Crippen LogP contribution in [-0.2, 0) is 32.0 Å². The van der Waals surface area contributed by atoms with Crippen LogP contribution in [0.15, 0.2) is 72.8 Å². The number of esters is 3. The zero-order valence-electron chi connectivity index (χ0n) is 24.6.